The van der Waals surface area contributed by atoms with Gasteiger partial charge in [-0.15, -0.1) is 0 Å². The molecule has 4 rings (SSSR count). The molecule has 2 fully saturated rings. The highest BCUT2D eigenvalue weighted by Gasteiger charge is 2.36. The predicted molar refractivity (Wildman–Crippen MR) is 82.9 cm³/mol. The van der Waals surface area contributed by atoms with E-state index in [-0.39, 0.29) is 12.5 Å². The summed E-state index contributed by atoms with van der Waals surface area (Å²) in [6.45, 7) is 0.00000606. The molecule has 2 aliphatic carbocycles. The van der Waals surface area contributed by atoms with Gasteiger partial charge in [0.2, 0.25) is 0 Å². The summed E-state index contributed by atoms with van der Waals surface area (Å²) in [5.74, 6) is 1.31. The van der Waals surface area contributed by atoms with E-state index >= 15 is 0 Å². The van der Waals surface area contributed by atoms with Crippen LogP contribution in [0.5, 0.6) is 0 Å². The summed E-state index contributed by atoms with van der Waals surface area (Å²) in [4.78, 5) is 17.4. The van der Waals surface area contributed by atoms with Crippen molar-refractivity contribution in [1.82, 2.24) is 14.7 Å². The quantitative estimate of drug-likeness (QED) is 0.910. The topological polar surface area (TPSA) is 66.6 Å². The minimum atomic E-state index is -0.457. The number of hydrogen-bond donors (Lipinski definition) is 2. The molecule has 116 valence electrons. The van der Waals surface area contributed by atoms with E-state index in [1.807, 2.05) is 28.8 Å². The van der Waals surface area contributed by atoms with Crippen LogP contribution in [0.1, 0.15) is 60.8 Å². The Morgan fingerprint density at radius 1 is 1.36 bits per heavy atom. The molecule has 2 N–H and O–H groups in total. The Morgan fingerprint density at radius 3 is 2.82 bits per heavy atom. The molecule has 2 aromatic rings. The average Bonchev–Trinajstić information content (AvgIpc) is 3.15. The highest BCUT2D eigenvalue weighted by atomic mass is 16.3. The van der Waals surface area contributed by atoms with Crippen LogP contribution < -0.4 is 5.32 Å². The van der Waals surface area contributed by atoms with Gasteiger partial charge in [0, 0.05) is 12.1 Å². The molecule has 2 aliphatic rings. The highest BCUT2D eigenvalue weighted by Crippen LogP contribution is 2.40. The van der Waals surface area contributed by atoms with Gasteiger partial charge in [0.15, 0.2) is 5.69 Å². The minimum Gasteiger partial charge on any atom is -0.394 e. The fourth-order valence-electron chi connectivity index (χ4n) is 3.53. The minimum absolute atomic E-state index is 0.00000606. The lowest BCUT2D eigenvalue weighted by atomic mass is 9.98. The first-order chi connectivity index (χ1) is 10.7. The Hall–Kier alpha value is -1.88. The molecule has 1 amide bonds. The molecule has 0 radical (unpaired) electrons. The van der Waals surface area contributed by atoms with Crippen molar-refractivity contribution in [2.45, 2.75) is 50.0 Å². The lowest BCUT2D eigenvalue weighted by molar-refractivity contribution is 0.0835. The van der Waals surface area contributed by atoms with Gasteiger partial charge in [0.25, 0.3) is 5.91 Å². The summed E-state index contributed by atoms with van der Waals surface area (Å²) < 4.78 is 2.03. The number of carbonyl (C=O) groups excluding carboxylic acids is 1. The van der Waals surface area contributed by atoms with Crippen molar-refractivity contribution in [3.8, 4) is 0 Å². The van der Waals surface area contributed by atoms with Crippen LogP contribution in [0.2, 0.25) is 0 Å². The van der Waals surface area contributed by atoms with Gasteiger partial charge in [-0.3, -0.25) is 4.79 Å². The van der Waals surface area contributed by atoms with Gasteiger partial charge >= 0.3 is 0 Å². The SMILES string of the molecule is O=C(NC1(CO)CCCC1)c1nc(C2CC2)n2ccccc12. The molecule has 0 saturated heterocycles. The maximum absolute atomic E-state index is 12.7. The lowest BCUT2D eigenvalue weighted by Crippen LogP contribution is -2.49. The number of carbonyl (C=O) groups is 1. The van der Waals surface area contributed by atoms with Gasteiger partial charge in [-0.2, -0.15) is 0 Å². The first kappa shape index (κ1) is 13.8. The summed E-state index contributed by atoms with van der Waals surface area (Å²) >= 11 is 0. The van der Waals surface area contributed by atoms with Crippen LogP contribution in [-0.2, 0) is 0 Å². The van der Waals surface area contributed by atoms with Gasteiger partial charge < -0.3 is 14.8 Å². The third-order valence-electron chi connectivity index (χ3n) is 4.98. The Balaban J connectivity index is 1.69. The van der Waals surface area contributed by atoms with Crippen LogP contribution in [0.25, 0.3) is 5.52 Å². The predicted octanol–water partition coefficient (Wildman–Crippen LogP) is 2.25. The molecule has 0 atom stereocenters. The van der Waals surface area contributed by atoms with Gasteiger partial charge in [0.05, 0.1) is 17.7 Å². The van der Waals surface area contributed by atoms with Crippen molar-refractivity contribution >= 4 is 11.4 Å². The van der Waals surface area contributed by atoms with E-state index < -0.39 is 5.54 Å². The standard InChI is InChI=1S/C17H21N3O2/c21-11-17(8-2-3-9-17)19-16(22)14-13-5-1-4-10-20(13)15(18-14)12-6-7-12/h1,4-5,10,12,21H,2-3,6-9,11H2,(H,19,22). The first-order valence-corrected chi connectivity index (χ1v) is 8.13. The van der Waals surface area contributed by atoms with Gasteiger partial charge in [0.1, 0.15) is 5.82 Å². The summed E-state index contributed by atoms with van der Waals surface area (Å²) in [6.07, 6.45) is 8.07. The second-order valence-corrected chi connectivity index (χ2v) is 6.65. The van der Waals surface area contributed by atoms with Crippen LogP contribution in [-0.4, -0.2) is 32.5 Å². The molecule has 0 aromatic carbocycles. The Bertz CT molecular complexity index is 712. The molecule has 2 saturated carbocycles. The van der Waals surface area contributed by atoms with Crippen LogP contribution in [0.4, 0.5) is 0 Å². The number of aliphatic hydroxyl groups is 1. The third-order valence-corrected chi connectivity index (χ3v) is 4.98. The largest absolute Gasteiger partial charge is 0.394 e. The van der Waals surface area contributed by atoms with E-state index in [1.165, 1.54) is 0 Å². The van der Waals surface area contributed by atoms with Crippen LogP contribution >= 0.6 is 0 Å². The summed E-state index contributed by atoms with van der Waals surface area (Å²) in [6, 6.07) is 5.84. The maximum atomic E-state index is 12.7. The molecular weight excluding hydrogens is 278 g/mol. The number of hydrogen-bond acceptors (Lipinski definition) is 3. The molecule has 5 nitrogen and oxygen atoms in total. The van der Waals surface area contributed by atoms with Crippen molar-refractivity contribution in [2.75, 3.05) is 6.61 Å². The monoisotopic (exact) mass is 299 g/mol. The highest BCUT2D eigenvalue weighted by molar-refractivity contribution is 5.99. The van der Waals surface area contributed by atoms with Crippen molar-refractivity contribution in [2.24, 2.45) is 0 Å². The maximum Gasteiger partial charge on any atom is 0.272 e. The zero-order valence-electron chi connectivity index (χ0n) is 12.6. The van der Waals surface area contributed by atoms with Gasteiger partial charge in [-0.1, -0.05) is 18.9 Å². The van der Waals surface area contributed by atoms with E-state index in [2.05, 4.69) is 10.3 Å². The van der Waals surface area contributed by atoms with Crippen LogP contribution in [0.3, 0.4) is 0 Å². The fraction of sp³-hybridized carbons (Fsp3) is 0.529. The number of fused-ring (bicyclic) bond motifs is 1. The van der Waals surface area contributed by atoms with Crippen molar-refractivity contribution in [3.05, 3.63) is 35.9 Å². The first-order valence-electron chi connectivity index (χ1n) is 8.13. The van der Waals surface area contributed by atoms with Gasteiger partial charge in [-0.25, -0.2) is 4.98 Å². The molecule has 2 heterocycles. The number of imidazole rings is 1. The number of amides is 1. The number of aromatic nitrogens is 2. The molecule has 22 heavy (non-hydrogen) atoms. The zero-order chi connectivity index (χ0) is 15.2. The summed E-state index contributed by atoms with van der Waals surface area (Å²) in [5, 5.41) is 12.7. The Kier molecular flexibility index (Phi) is 3.18. The number of aliphatic hydroxyl groups excluding tert-OH is 1. The number of nitrogens with zero attached hydrogens (tertiary/aromatic N) is 2. The molecule has 0 bridgehead atoms. The number of pyridine rings is 1. The number of nitrogens with one attached hydrogen (secondary N) is 1. The molecule has 2 aromatic heterocycles. The van der Waals surface area contributed by atoms with Crippen molar-refractivity contribution in [3.63, 3.8) is 0 Å². The summed E-state index contributed by atoms with van der Waals surface area (Å²) in [5.41, 5.74) is 0.886. The van der Waals surface area contributed by atoms with E-state index in [1.54, 1.807) is 0 Å². The van der Waals surface area contributed by atoms with E-state index in [4.69, 9.17) is 0 Å². The second kappa shape index (κ2) is 5.09. The molecule has 0 unspecified atom stereocenters. The second-order valence-electron chi connectivity index (χ2n) is 6.65. The average molecular weight is 299 g/mol. The normalized spacial score (nSPS) is 20.4. The van der Waals surface area contributed by atoms with Crippen LogP contribution in [0.15, 0.2) is 24.4 Å². The van der Waals surface area contributed by atoms with Gasteiger partial charge in [-0.05, 0) is 37.8 Å². The smallest absolute Gasteiger partial charge is 0.272 e. The van der Waals surface area contributed by atoms with E-state index in [9.17, 15) is 9.90 Å². The Labute approximate surface area is 129 Å². The van der Waals surface area contributed by atoms with Crippen molar-refractivity contribution < 1.29 is 9.90 Å². The number of rotatable bonds is 4. The molecular formula is C17H21N3O2. The molecule has 0 spiro atoms. The van der Waals surface area contributed by atoms with E-state index in [0.29, 0.717) is 11.6 Å². The van der Waals surface area contributed by atoms with E-state index in [0.717, 1.165) is 49.9 Å². The Morgan fingerprint density at radius 2 is 2.14 bits per heavy atom. The third kappa shape index (κ3) is 2.20. The molecule has 5 heteroatoms. The fourth-order valence-corrected chi connectivity index (χ4v) is 3.53. The molecule has 0 aliphatic heterocycles. The lowest BCUT2D eigenvalue weighted by Gasteiger charge is -2.27. The zero-order valence-corrected chi connectivity index (χ0v) is 12.6. The van der Waals surface area contributed by atoms with Crippen LogP contribution in [0, 0.1) is 0 Å². The van der Waals surface area contributed by atoms with Crippen molar-refractivity contribution in [1.29, 1.82) is 0 Å². The summed E-state index contributed by atoms with van der Waals surface area (Å²) in [7, 11) is 0.